The van der Waals surface area contributed by atoms with Crippen molar-refractivity contribution in [2.45, 2.75) is 19.6 Å². The molecule has 2 rings (SSSR count). The predicted octanol–water partition coefficient (Wildman–Crippen LogP) is 1.47. The lowest BCUT2D eigenvalue weighted by molar-refractivity contribution is -0.143. The Labute approximate surface area is 125 Å². The summed E-state index contributed by atoms with van der Waals surface area (Å²) in [5.74, 6) is -0.276. The molecule has 5 heteroatoms. The first kappa shape index (κ1) is 15.9. The highest BCUT2D eigenvalue weighted by Gasteiger charge is 2.20. The third kappa shape index (κ3) is 6.25. The van der Waals surface area contributed by atoms with Crippen molar-refractivity contribution in [1.82, 2.24) is 4.90 Å². The first-order valence-electron chi connectivity index (χ1n) is 7.33. The van der Waals surface area contributed by atoms with E-state index in [9.17, 15) is 4.79 Å². The molecule has 0 spiro atoms. The van der Waals surface area contributed by atoms with Gasteiger partial charge in [0.2, 0.25) is 0 Å². The third-order valence-corrected chi connectivity index (χ3v) is 3.31. The van der Waals surface area contributed by atoms with Crippen LogP contribution in [0.4, 0.5) is 0 Å². The zero-order chi connectivity index (χ0) is 14.9. The molecule has 0 saturated carbocycles. The van der Waals surface area contributed by atoms with E-state index in [0.29, 0.717) is 19.8 Å². The van der Waals surface area contributed by atoms with Crippen LogP contribution in [0.1, 0.15) is 12.5 Å². The van der Waals surface area contributed by atoms with Gasteiger partial charge in [-0.1, -0.05) is 30.3 Å². The molecule has 1 atom stereocenters. The molecule has 21 heavy (non-hydrogen) atoms. The number of ether oxygens (including phenoxy) is 3. The van der Waals surface area contributed by atoms with Gasteiger partial charge in [-0.2, -0.15) is 0 Å². The number of hydrogen-bond acceptors (Lipinski definition) is 5. The van der Waals surface area contributed by atoms with Crippen LogP contribution in [-0.4, -0.2) is 56.5 Å². The molecule has 116 valence electrons. The zero-order valence-corrected chi connectivity index (χ0v) is 12.5. The minimum absolute atomic E-state index is 0.0831. The molecule has 0 N–H and O–H groups in total. The topological polar surface area (TPSA) is 48.0 Å². The number of rotatable bonds is 7. The smallest absolute Gasteiger partial charge is 0.302 e. The molecule has 1 aliphatic rings. The van der Waals surface area contributed by atoms with Crippen LogP contribution in [0.15, 0.2) is 30.3 Å². The lowest BCUT2D eigenvalue weighted by Gasteiger charge is -2.32. The van der Waals surface area contributed by atoms with Crippen LogP contribution < -0.4 is 0 Å². The van der Waals surface area contributed by atoms with E-state index in [-0.39, 0.29) is 12.1 Å². The number of hydrogen-bond donors (Lipinski definition) is 0. The summed E-state index contributed by atoms with van der Waals surface area (Å²) in [7, 11) is 0. The Bertz CT molecular complexity index is 424. The van der Waals surface area contributed by atoms with Gasteiger partial charge in [-0.25, -0.2) is 0 Å². The Kier molecular flexibility index (Phi) is 6.66. The lowest BCUT2D eigenvalue weighted by atomic mass is 10.2. The van der Waals surface area contributed by atoms with E-state index >= 15 is 0 Å². The summed E-state index contributed by atoms with van der Waals surface area (Å²) in [6.45, 7) is 6.12. The molecule has 1 aliphatic heterocycles. The maximum Gasteiger partial charge on any atom is 0.302 e. The summed E-state index contributed by atoms with van der Waals surface area (Å²) in [4.78, 5) is 13.0. The molecule has 0 radical (unpaired) electrons. The number of benzene rings is 1. The van der Waals surface area contributed by atoms with Gasteiger partial charge in [0.25, 0.3) is 0 Å². The molecular formula is C16H23NO4. The van der Waals surface area contributed by atoms with Gasteiger partial charge in [0.15, 0.2) is 0 Å². The fourth-order valence-corrected chi connectivity index (χ4v) is 2.33. The quantitative estimate of drug-likeness (QED) is 0.563. The van der Waals surface area contributed by atoms with E-state index in [1.54, 1.807) is 0 Å². The van der Waals surface area contributed by atoms with Crippen LogP contribution >= 0.6 is 0 Å². The van der Waals surface area contributed by atoms with Crippen LogP contribution in [-0.2, 0) is 25.5 Å². The Morgan fingerprint density at radius 1 is 1.33 bits per heavy atom. The van der Waals surface area contributed by atoms with Crippen molar-refractivity contribution in [1.29, 1.82) is 0 Å². The van der Waals surface area contributed by atoms with E-state index in [2.05, 4.69) is 29.2 Å². The molecule has 1 heterocycles. The lowest BCUT2D eigenvalue weighted by Crippen LogP contribution is -2.44. The summed E-state index contributed by atoms with van der Waals surface area (Å²) in [6, 6.07) is 10.4. The number of carbonyl (C=O) groups is 1. The second-order valence-corrected chi connectivity index (χ2v) is 5.13. The van der Waals surface area contributed by atoms with Crippen molar-refractivity contribution in [2.24, 2.45) is 0 Å². The molecule has 0 aliphatic carbocycles. The fourth-order valence-electron chi connectivity index (χ4n) is 2.33. The second kappa shape index (κ2) is 8.77. The van der Waals surface area contributed by atoms with E-state index in [4.69, 9.17) is 14.2 Å². The molecule has 1 unspecified atom stereocenters. The van der Waals surface area contributed by atoms with Crippen molar-refractivity contribution in [3.05, 3.63) is 35.9 Å². The van der Waals surface area contributed by atoms with Gasteiger partial charge in [-0.3, -0.25) is 9.69 Å². The number of nitrogens with zero attached hydrogens (tertiary/aromatic N) is 1. The highest BCUT2D eigenvalue weighted by Crippen LogP contribution is 2.10. The van der Waals surface area contributed by atoms with E-state index in [0.717, 1.165) is 26.2 Å². The average Bonchev–Trinajstić information content (AvgIpc) is 2.48. The third-order valence-electron chi connectivity index (χ3n) is 3.31. The molecule has 1 fully saturated rings. The summed E-state index contributed by atoms with van der Waals surface area (Å²) in [5, 5.41) is 0. The molecule has 0 bridgehead atoms. The molecule has 1 aromatic carbocycles. The second-order valence-electron chi connectivity index (χ2n) is 5.13. The number of esters is 1. The Morgan fingerprint density at radius 3 is 2.90 bits per heavy atom. The molecule has 5 nitrogen and oxygen atoms in total. The Hall–Kier alpha value is -1.43. The van der Waals surface area contributed by atoms with Crippen molar-refractivity contribution in [3.8, 4) is 0 Å². The highest BCUT2D eigenvalue weighted by molar-refractivity contribution is 5.65. The van der Waals surface area contributed by atoms with Gasteiger partial charge in [-0.15, -0.1) is 0 Å². The minimum Gasteiger partial charge on any atom is -0.463 e. The normalized spacial score (nSPS) is 19.4. The summed E-state index contributed by atoms with van der Waals surface area (Å²) < 4.78 is 16.0. The van der Waals surface area contributed by atoms with Crippen LogP contribution in [0.2, 0.25) is 0 Å². The van der Waals surface area contributed by atoms with Gasteiger partial charge in [0.05, 0.1) is 25.9 Å². The van der Waals surface area contributed by atoms with Crippen molar-refractivity contribution >= 4 is 5.97 Å². The van der Waals surface area contributed by atoms with E-state index in [1.807, 2.05) is 6.07 Å². The van der Waals surface area contributed by atoms with Crippen LogP contribution in [0.25, 0.3) is 0 Å². The van der Waals surface area contributed by atoms with Gasteiger partial charge >= 0.3 is 5.97 Å². The average molecular weight is 293 g/mol. The zero-order valence-electron chi connectivity index (χ0n) is 12.5. The summed E-state index contributed by atoms with van der Waals surface area (Å²) in [5.41, 5.74) is 1.31. The monoisotopic (exact) mass is 293 g/mol. The van der Waals surface area contributed by atoms with Crippen molar-refractivity contribution in [3.63, 3.8) is 0 Å². The SMILES string of the molecule is CC(=O)OCCOCC1CN(Cc2ccccc2)CCO1. The maximum absolute atomic E-state index is 10.6. The van der Waals surface area contributed by atoms with E-state index < -0.39 is 0 Å². The maximum atomic E-state index is 10.6. The van der Waals surface area contributed by atoms with Crippen LogP contribution in [0.3, 0.4) is 0 Å². The highest BCUT2D eigenvalue weighted by atomic mass is 16.6. The largest absolute Gasteiger partial charge is 0.463 e. The van der Waals surface area contributed by atoms with Crippen molar-refractivity contribution < 1.29 is 19.0 Å². The minimum atomic E-state index is -0.276. The first-order valence-corrected chi connectivity index (χ1v) is 7.33. The molecule has 1 saturated heterocycles. The van der Waals surface area contributed by atoms with Gasteiger partial charge in [-0.05, 0) is 5.56 Å². The summed E-state index contributed by atoms with van der Waals surface area (Å²) >= 11 is 0. The molecule has 0 aromatic heterocycles. The number of morpholine rings is 1. The fraction of sp³-hybridized carbons (Fsp3) is 0.562. The first-order chi connectivity index (χ1) is 10.2. The Morgan fingerprint density at radius 2 is 2.14 bits per heavy atom. The predicted molar refractivity (Wildman–Crippen MR) is 78.9 cm³/mol. The summed E-state index contributed by atoms with van der Waals surface area (Å²) in [6.07, 6.45) is 0.0831. The standard InChI is InChI=1S/C16H23NO4/c1-14(18)20-10-9-19-13-16-12-17(7-8-21-16)11-15-5-3-2-4-6-15/h2-6,16H,7-13H2,1H3. The molecule has 0 amide bonds. The van der Waals surface area contributed by atoms with Crippen molar-refractivity contribution in [2.75, 3.05) is 39.5 Å². The number of carbonyl (C=O) groups excluding carboxylic acids is 1. The Balaban J connectivity index is 1.65. The molecule has 1 aromatic rings. The van der Waals surface area contributed by atoms with Crippen LogP contribution in [0.5, 0.6) is 0 Å². The van der Waals surface area contributed by atoms with E-state index in [1.165, 1.54) is 12.5 Å². The van der Waals surface area contributed by atoms with Gasteiger partial charge in [0.1, 0.15) is 6.61 Å². The van der Waals surface area contributed by atoms with Gasteiger partial charge < -0.3 is 14.2 Å². The molecular weight excluding hydrogens is 270 g/mol. The van der Waals surface area contributed by atoms with Gasteiger partial charge in [0, 0.05) is 26.6 Å². The van der Waals surface area contributed by atoms with Crippen LogP contribution in [0, 0.1) is 0 Å².